The van der Waals surface area contributed by atoms with Crippen LogP contribution in [0.1, 0.15) is 36.0 Å². The molecule has 0 N–H and O–H groups in total. The Hall–Kier alpha value is -0.860. The number of carbonyl (C=O) groups excluding carboxylic acids is 1. The second-order valence-electron chi connectivity index (χ2n) is 6.56. The van der Waals surface area contributed by atoms with Gasteiger partial charge in [-0.2, -0.15) is 0 Å². The van der Waals surface area contributed by atoms with Crippen molar-refractivity contribution >= 4 is 17.4 Å². The quantitative estimate of drug-likeness (QED) is 0.767. The summed E-state index contributed by atoms with van der Waals surface area (Å²) in [6.45, 7) is 1.58. The van der Waals surface area contributed by atoms with Crippen LogP contribution in [0, 0.1) is 17.8 Å². The van der Waals surface area contributed by atoms with Crippen LogP contribution < -0.4 is 0 Å². The molecule has 108 valence electrons. The molecule has 3 rings (SSSR count). The predicted molar refractivity (Wildman–Crippen MR) is 82.2 cm³/mol. The maximum absolute atomic E-state index is 12.2. The van der Waals surface area contributed by atoms with E-state index in [0.29, 0.717) is 11.6 Å². The number of likely N-dealkylation sites (N-methyl/N-ethyl adjacent to an activating group) is 1. The van der Waals surface area contributed by atoms with Gasteiger partial charge in [0, 0.05) is 17.1 Å². The topological polar surface area (TPSA) is 20.3 Å². The second kappa shape index (κ2) is 5.87. The Morgan fingerprint density at radius 1 is 1.25 bits per heavy atom. The molecule has 3 unspecified atom stereocenters. The number of nitrogens with zero attached hydrogens (tertiary/aromatic N) is 1. The maximum Gasteiger partial charge on any atom is 0.176 e. The van der Waals surface area contributed by atoms with E-state index < -0.39 is 0 Å². The summed E-state index contributed by atoms with van der Waals surface area (Å²) in [4.78, 5) is 14.4. The molecule has 0 heterocycles. The van der Waals surface area contributed by atoms with E-state index in [1.807, 2.05) is 12.1 Å². The fraction of sp³-hybridized carbons (Fsp3) is 0.588. The van der Waals surface area contributed by atoms with Crippen LogP contribution in [0.5, 0.6) is 0 Å². The highest BCUT2D eigenvalue weighted by molar-refractivity contribution is 6.30. The van der Waals surface area contributed by atoms with Crippen molar-refractivity contribution in [3.05, 3.63) is 34.9 Å². The molecular formula is C17H22ClNO. The van der Waals surface area contributed by atoms with Gasteiger partial charge in [-0.05, 0) is 68.3 Å². The molecule has 0 amide bonds. The molecular weight excluding hydrogens is 270 g/mol. The second-order valence-corrected chi connectivity index (χ2v) is 7.00. The van der Waals surface area contributed by atoms with Gasteiger partial charge < -0.3 is 0 Å². The van der Waals surface area contributed by atoms with Crippen LogP contribution in [0.2, 0.25) is 5.02 Å². The third-order valence-corrected chi connectivity index (χ3v) is 5.26. The van der Waals surface area contributed by atoms with E-state index in [-0.39, 0.29) is 5.78 Å². The number of hydrogen-bond donors (Lipinski definition) is 0. The summed E-state index contributed by atoms with van der Waals surface area (Å²) >= 11 is 5.85. The Balaban J connectivity index is 1.52. The lowest BCUT2D eigenvalue weighted by molar-refractivity contribution is 0.0929. The van der Waals surface area contributed by atoms with Gasteiger partial charge in [-0.25, -0.2) is 0 Å². The molecule has 0 aliphatic heterocycles. The molecule has 2 aliphatic carbocycles. The largest absolute Gasteiger partial charge is 0.299 e. The molecule has 2 nitrogen and oxygen atoms in total. The van der Waals surface area contributed by atoms with Gasteiger partial charge in [-0.3, -0.25) is 9.69 Å². The van der Waals surface area contributed by atoms with Crippen molar-refractivity contribution in [3.63, 3.8) is 0 Å². The van der Waals surface area contributed by atoms with Crippen molar-refractivity contribution in [2.45, 2.75) is 25.7 Å². The number of benzene rings is 1. The summed E-state index contributed by atoms with van der Waals surface area (Å²) in [6.07, 6.45) is 5.66. The summed E-state index contributed by atoms with van der Waals surface area (Å²) in [7, 11) is 2.07. The molecule has 2 bridgehead atoms. The van der Waals surface area contributed by atoms with Gasteiger partial charge in [0.2, 0.25) is 0 Å². The lowest BCUT2D eigenvalue weighted by Gasteiger charge is -2.26. The number of halogens is 1. The molecule has 20 heavy (non-hydrogen) atoms. The Labute approximate surface area is 126 Å². The zero-order valence-corrected chi connectivity index (χ0v) is 12.8. The van der Waals surface area contributed by atoms with Gasteiger partial charge >= 0.3 is 0 Å². The Morgan fingerprint density at radius 2 is 2.00 bits per heavy atom. The van der Waals surface area contributed by atoms with E-state index in [9.17, 15) is 4.79 Å². The van der Waals surface area contributed by atoms with Gasteiger partial charge in [0.25, 0.3) is 0 Å². The van der Waals surface area contributed by atoms with Crippen LogP contribution in [-0.4, -0.2) is 30.8 Å². The third kappa shape index (κ3) is 3.07. The first-order valence-corrected chi connectivity index (χ1v) is 7.97. The van der Waals surface area contributed by atoms with Crippen molar-refractivity contribution in [2.75, 3.05) is 20.1 Å². The Morgan fingerprint density at radius 3 is 2.60 bits per heavy atom. The van der Waals surface area contributed by atoms with Crippen LogP contribution in [0.3, 0.4) is 0 Å². The number of Topliss-reactive ketones (excluding diaryl/α,β-unsaturated/α-hetero) is 1. The van der Waals surface area contributed by atoms with Crippen molar-refractivity contribution in [3.8, 4) is 0 Å². The molecule has 3 atom stereocenters. The summed E-state index contributed by atoms with van der Waals surface area (Å²) in [5, 5.41) is 0.678. The smallest absolute Gasteiger partial charge is 0.176 e. The molecule has 3 heteroatoms. The fourth-order valence-corrected chi connectivity index (χ4v) is 4.16. The Bertz CT molecular complexity index is 484. The molecule has 2 saturated carbocycles. The first-order chi connectivity index (χ1) is 9.61. The summed E-state index contributed by atoms with van der Waals surface area (Å²) < 4.78 is 0. The van der Waals surface area contributed by atoms with Crippen molar-refractivity contribution < 1.29 is 4.79 Å². The van der Waals surface area contributed by atoms with E-state index in [2.05, 4.69) is 11.9 Å². The van der Waals surface area contributed by atoms with Gasteiger partial charge in [0.1, 0.15) is 0 Å². The lowest BCUT2D eigenvalue weighted by Crippen LogP contribution is -2.32. The minimum absolute atomic E-state index is 0.187. The minimum Gasteiger partial charge on any atom is -0.299 e. The molecule has 0 saturated heterocycles. The highest BCUT2D eigenvalue weighted by Gasteiger charge is 2.39. The lowest BCUT2D eigenvalue weighted by atomic mass is 9.88. The zero-order valence-electron chi connectivity index (χ0n) is 12.0. The number of rotatable bonds is 5. The number of carbonyl (C=O) groups is 1. The summed E-state index contributed by atoms with van der Waals surface area (Å²) in [5.41, 5.74) is 0.759. The summed E-state index contributed by atoms with van der Waals surface area (Å²) in [5.74, 6) is 2.91. The monoisotopic (exact) mass is 291 g/mol. The van der Waals surface area contributed by atoms with Crippen LogP contribution in [-0.2, 0) is 0 Å². The van der Waals surface area contributed by atoms with Crippen LogP contribution >= 0.6 is 11.6 Å². The average molecular weight is 292 g/mol. The zero-order chi connectivity index (χ0) is 14.1. The van der Waals surface area contributed by atoms with Crippen molar-refractivity contribution in [1.29, 1.82) is 0 Å². The van der Waals surface area contributed by atoms with E-state index in [1.54, 1.807) is 12.1 Å². The third-order valence-electron chi connectivity index (χ3n) is 5.01. The molecule has 0 radical (unpaired) electrons. The summed E-state index contributed by atoms with van der Waals surface area (Å²) in [6, 6.07) is 7.20. The van der Waals surface area contributed by atoms with E-state index in [0.717, 1.165) is 29.9 Å². The van der Waals surface area contributed by atoms with E-state index in [1.165, 1.54) is 25.7 Å². The highest BCUT2D eigenvalue weighted by atomic mass is 35.5. The molecule has 0 spiro atoms. The van der Waals surface area contributed by atoms with Crippen molar-refractivity contribution in [1.82, 2.24) is 4.90 Å². The standard InChI is InChI=1S/C17H22ClNO/c1-19(10-15-9-12-2-3-14(15)8-12)11-17(20)13-4-6-16(18)7-5-13/h4-7,12,14-15H,2-3,8-11H2,1H3. The fourth-order valence-electron chi connectivity index (χ4n) is 4.04. The van der Waals surface area contributed by atoms with E-state index in [4.69, 9.17) is 11.6 Å². The molecule has 2 aliphatic rings. The van der Waals surface area contributed by atoms with Crippen LogP contribution in [0.4, 0.5) is 0 Å². The van der Waals surface area contributed by atoms with Gasteiger partial charge in [-0.1, -0.05) is 18.0 Å². The normalized spacial score (nSPS) is 28.2. The highest BCUT2D eigenvalue weighted by Crippen LogP contribution is 2.48. The average Bonchev–Trinajstić information content (AvgIpc) is 3.01. The van der Waals surface area contributed by atoms with Crippen LogP contribution in [0.25, 0.3) is 0 Å². The number of hydrogen-bond acceptors (Lipinski definition) is 2. The van der Waals surface area contributed by atoms with E-state index >= 15 is 0 Å². The number of ketones is 1. The van der Waals surface area contributed by atoms with Gasteiger partial charge in [0.05, 0.1) is 6.54 Å². The number of fused-ring (bicyclic) bond motifs is 2. The molecule has 1 aromatic rings. The molecule has 0 aromatic heterocycles. The molecule has 2 fully saturated rings. The minimum atomic E-state index is 0.187. The van der Waals surface area contributed by atoms with Crippen LogP contribution in [0.15, 0.2) is 24.3 Å². The first kappa shape index (κ1) is 14.1. The molecule has 1 aromatic carbocycles. The maximum atomic E-state index is 12.2. The van der Waals surface area contributed by atoms with Crippen molar-refractivity contribution in [2.24, 2.45) is 17.8 Å². The van der Waals surface area contributed by atoms with Gasteiger partial charge in [-0.15, -0.1) is 0 Å². The SMILES string of the molecule is CN(CC(=O)c1ccc(Cl)cc1)CC1CC2CCC1C2. The van der Waals surface area contributed by atoms with Gasteiger partial charge in [0.15, 0.2) is 5.78 Å². The predicted octanol–water partition coefficient (Wildman–Crippen LogP) is 3.89. The Kier molecular flexibility index (Phi) is 4.13. The first-order valence-electron chi connectivity index (χ1n) is 7.59.